The fraction of sp³-hybridized carbons (Fsp3) is 0.929. The summed E-state index contributed by atoms with van der Waals surface area (Å²) in [7, 11) is -1.48. The van der Waals surface area contributed by atoms with Gasteiger partial charge in [-0.1, -0.05) is 0 Å². The van der Waals surface area contributed by atoms with Gasteiger partial charge in [-0.15, -0.1) is 0 Å². The number of nitrogens with zero attached hydrogens (tertiary/aromatic N) is 1. The number of hydrogen-bond donors (Lipinski definition) is 1. The van der Waals surface area contributed by atoms with Gasteiger partial charge in [0.2, 0.25) is 0 Å². The third kappa shape index (κ3) is 3.96. The number of hydrogen-bond acceptors (Lipinski definition) is 6. The van der Waals surface area contributed by atoms with E-state index in [-0.39, 0.29) is 29.4 Å². The van der Waals surface area contributed by atoms with E-state index in [1.807, 2.05) is 13.8 Å². The summed E-state index contributed by atoms with van der Waals surface area (Å²) < 4.78 is 28.1. The molecule has 6 nitrogen and oxygen atoms in total. The van der Waals surface area contributed by atoms with Gasteiger partial charge >= 0.3 is 5.97 Å². The third-order valence-corrected chi connectivity index (χ3v) is 5.89. The number of rotatable bonds is 6. The second-order valence-electron chi connectivity index (χ2n) is 6.46. The van der Waals surface area contributed by atoms with Crippen LogP contribution in [0.1, 0.15) is 26.7 Å². The van der Waals surface area contributed by atoms with Gasteiger partial charge in [0, 0.05) is 25.7 Å². The van der Waals surface area contributed by atoms with Crippen LogP contribution < -0.4 is 5.32 Å². The topological polar surface area (TPSA) is 75.7 Å². The molecule has 0 aromatic carbocycles. The molecule has 1 saturated heterocycles. The highest BCUT2D eigenvalue weighted by Gasteiger charge is 2.53. The zero-order valence-corrected chi connectivity index (χ0v) is 13.9. The van der Waals surface area contributed by atoms with Crippen molar-refractivity contribution in [1.29, 1.82) is 0 Å². The van der Waals surface area contributed by atoms with Gasteiger partial charge in [-0.3, -0.25) is 10.2 Å². The molecule has 0 spiro atoms. The molecule has 122 valence electrons. The monoisotopic (exact) mass is 318 g/mol. The van der Waals surface area contributed by atoms with Crippen molar-refractivity contribution in [2.75, 3.05) is 38.2 Å². The number of ether oxygens (including phenoxy) is 1. The zero-order valence-electron chi connectivity index (χ0n) is 13.1. The highest BCUT2D eigenvalue weighted by Crippen LogP contribution is 2.41. The van der Waals surface area contributed by atoms with Gasteiger partial charge < -0.3 is 4.74 Å². The van der Waals surface area contributed by atoms with Crippen LogP contribution in [0, 0.1) is 5.92 Å². The van der Waals surface area contributed by atoms with Gasteiger partial charge in [-0.25, -0.2) is 13.2 Å². The number of carbonyl (C=O) groups excluding carboxylic acids is 1. The van der Waals surface area contributed by atoms with Crippen molar-refractivity contribution in [1.82, 2.24) is 10.2 Å². The van der Waals surface area contributed by atoms with Crippen molar-refractivity contribution in [3.05, 3.63) is 0 Å². The Morgan fingerprint density at radius 3 is 2.33 bits per heavy atom. The maximum atomic E-state index is 12.4. The molecule has 0 radical (unpaired) electrons. The molecular formula is C14H26N2O4S. The average molecular weight is 318 g/mol. The summed E-state index contributed by atoms with van der Waals surface area (Å²) >= 11 is 0. The first kappa shape index (κ1) is 16.7. The lowest BCUT2D eigenvalue weighted by atomic mass is 9.91. The Balaban J connectivity index is 2.13. The SMILES string of the molecule is COC(=O)C(CN1CCS(=O)(=O)CC1)(NC(C)C)C1CC1. The summed E-state index contributed by atoms with van der Waals surface area (Å²) in [6, 6.07) is 0.165. The molecule has 2 fully saturated rings. The minimum absolute atomic E-state index is 0.165. The molecule has 1 unspecified atom stereocenters. The van der Waals surface area contributed by atoms with Crippen molar-refractivity contribution >= 4 is 15.8 Å². The van der Waals surface area contributed by atoms with Crippen LogP contribution in [0.15, 0.2) is 0 Å². The summed E-state index contributed by atoms with van der Waals surface area (Å²) in [6.07, 6.45) is 2.03. The molecule has 0 aromatic heterocycles. The summed E-state index contributed by atoms with van der Waals surface area (Å²) in [4.78, 5) is 14.5. The maximum Gasteiger partial charge on any atom is 0.327 e. The number of esters is 1. The van der Waals surface area contributed by atoms with Crippen LogP contribution in [-0.2, 0) is 19.4 Å². The van der Waals surface area contributed by atoms with E-state index < -0.39 is 15.4 Å². The molecule has 1 aliphatic heterocycles. The molecule has 7 heteroatoms. The molecular weight excluding hydrogens is 292 g/mol. The molecule has 0 amide bonds. The Labute approximate surface area is 127 Å². The molecule has 0 aromatic rings. The smallest absolute Gasteiger partial charge is 0.327 e. The number of methoxy groups -OCH3 is 1. The van der Waals surface area contributed by atoms with Crippen molar-refractivity contribution in [3.8, 4) is 0 Å². The van der Waals surface area contributed by atoms with Crippen LogP contribution in [0.5, 0.6) is 0 Å². The molecule has 1 N–H and O–H groups in total. The van der Waals surface area contributed by atoms with E-state index in [4.69, 9.17) is 4.74 Å². The summed E-state index contributed by atoms with van der Waals surface area (Å²) in [5.74, 6) is 0.408. The van der Waals surface area contributed by atoms with E-state index in [0.29, 0.717) is 19.6 Å². The van der Waals surface area contributed by atoms with Crippen LogP contribution in [-0.4, -0.2) is 69.1 Å². The van der Waals surface area contributed by atoms with Crippen LogP contribution in [0.4, 0.5) is 0 Å². The van der Waals surface area contributed by atoms with E-state index in [1.54, 1.807) is 0 Å². The number of sulfone groups is 1. The lowest BCUT2D eigenvalue weighted by Gasteiger charge is -2.39. The Morgan fingerprint density at radius 2 is 1.90 bits per heavy atom. The Morgan fingerprint density at radius 1 is 1.33 bits per heavy atom. The molecule has 2 rings (SSSR count). The van der Waals surface area contributed by atoms with Gasteiger partial charge in [0.15, 0.2) is 9.84 Å². The maximum absolute atomic E-state index is 12.4. The molecule has 1 heterocycles. The third-order valence-electron chi connectivity index (χ3n) is 4.28. The number of nitrogens with one attached hydrogen (secondary N) is 1. The van der Waals surface area contributed by atoms with Gasteiger partial charge in [0.05, 0.1) is 18.6 Å². The molecule has 1 saturated carbocycles. The molecule has 1 aliphatic carbocycles. The summed E-state index contributed by atoms with van der Waals surface area (Å²) in [5.41, 5.74) is -0.704. The largest absolute Gasteiger partial charge is 0.468 e. The first-order chi connectivity index (χ1) is 9.79. The Kier molecular flexibility index (Phi) is 4.95. The van der Waals surface area contributed by atoms with E-state index in [2.05, 4.69) is 10.2 Å². The van der Waals surface area contributed by atoms with Gasteiger partial charge in [0.25, 0.3) is 0 Å². The minimum Gasteiger partial charge on any atom is -0.468 e. The summed E-state index contributed by atoms with van der Waals surface area (Å²) in [5, 5.41) is 3.41. The van der Waals surface area contributed by atoms with Crippen LogP contribution in [0.2, 0.25) is 0 Å². The fourth-order valence-corrected chi connectivity index (χ4v) is 4.39. The van der Waals surface area contributed by atoms with E-state index in [0.717, 1.165) is 12.8 Å². The van der Waals surface area contributed by atoms with Gasteiger partial charge in [-0.2, -0.15) is 0 Å². The quantitative estimate of drug-likeness (QED) is 0.697. The van der Waals surface area contributed by atoms with Crippen molar-refractivity contribution < 1.29 is 17.9 Å². The second-order valence-corrected chi connectivity index (χ2v) is 8.77. The minimum atomic E-state index is -2.90. The van der Waals surface area contributed by atoms with E-state index in [1.165, 1.54) is 7.11 Å². The molecule has 2 aliphatic rings. The van der Waals surface area contributed by atoms with Crippen LogP contribution in [0.25, 0.3) is 0 Å². The van der Waals surface area contributed by atoms with Crippen LogP contribution >= 0.6 is 0 Å². The van der Waals surface area contributed by atoms with Gasteiger partial charge in [0.1, 0.15) is 5.54 Å². The predicted molar refractivity (Wildman–Crippen MR) is 80.8 cm³/mol. The standard InChI is InChI=1S/C14H26N2O4S/c1-11(2)15-14(12-4-5-12,13(17)20-3)10-16-6-8-21(18,19)9-7-16/h11-12,15H,4-10H2,1-3H3. The molecule has 0 bridgehead atoms. The number of carbonyl (C=O) groups is 1. The lowest BCUT2D eigenvalue weighted by molar-refractivity contribution is -0.151. The second kappa shape index (κ2) is 6.22. The van der Waals surface area contributed by atoms with Crippen LogP contribution in [0.3, 0.4) is 0 Å². The van der Waals surface area contributed by atoms with Crippen molar-refractivity contribution in [3.63, 3.8) is 0 Å². The Bertz CT molecular complexity index is 473. The average Bonchev–Trinajstić information content (AvgIpc) is 3.23. The predicted octanol–water partition coefficient (Wildman–Crippen LogP) is 0.0366. The first-order valence-electron chi connectivity index (χ1n) is 7.58. The van der Waals surface area contributed by atoms with Crippen molar-refractivity contribution in [2.45, 2.75) is 38.3 Å². The Hall–Kier alpha value is -0.660. The first-order valence-corrected chi connectivity index (χ1v) is 9.40. The highest BCUT2D eigenvalue weighted by atomic mass is 32.2. The van der Waals surface area contributed by atoms with Crippen molar-refractivity contribution in [2.24, 2.45) is 5.92 Å². The van der Waals surface area contributed by atoms with Gasteiger partial charge in [-0.05, 0) is 32.6 Å². The molecule has 21 heavy (non-hydrogen) atoms. The summed E-state index contributed by atoms with van der Waals surface area (Å²) in [6.45, 7) is 5.54. The normalized spacial score (nSPS) is 25.5. The zero-order chi connectivity index (χ0) is 15.7. The highest BCUT2D eigenvalue weighted by molar-refractivity contribution is 7.91. The lowest BCUT2D eigenvalue weighted by Crippen LogP contribution is -2.64. The fourth-order valence-electron chi connectivity index (χ4n) is 3.12. The van der Waals surface area contributed by atoms with E-state index in [9.17, 15) is 13.2 Å². The van der Waals surface area contributed by atoms with E-state index >= 15 is 0 Å². The molecule has 1 atom stereocenters.